The molecule has 2 heterocycles. The number of fused-ring (bicyclic) bond motifs is 1. The Bertz CT molecular complexity index is 1290. The van der Waals surface area contributed by atoms with Gasteiger partial charge in [0.05, 0.1) is 27.8 Å². The van der Waals surface area contributed by atoms with E-state index in [1.807, 2.05) is 38.3 Å². The number of ether oxygens (including phenoxy) is 1. The van der Waals surface area contributed by atoms with Crippen molar-refractivity contribution in [3.8, 4) is 0 Å². The number of para-hydroxylation sites is 1. The summed E-state index contributed by atoms with van der Waals surface area (Å²) in [6.07, 6.45) is 5.57. The fourth-order valence-electron chi connectivity index (χ4n) is 4.29. The highest BCUT2D eigenvalue weighted by molar-refractivity contribution is 7.98. The van der Waals surface area contributed by atoms with Crippen molar-refractivity contribution in [2.45, 2.75) is 55.4 Å². The van der Waals surface area contributed by atoms with Crippen LogP contribution in [0.25, 0.3) is 10.2 Å². The zero-order valence-corrected chi connectivity index (χ0v) is 23.4. The smallest absolute Gasteiger partial charge is 0.260 e. The molecular weight excluding hydrogens is 515 g/mol. The van der Waals surface area contributed by atoms with Gasteiger partial charge in [0.1, 0.15) is 0 Å². The number of nitrogens with zero attached hydrogens (tertiary/aromatic N) is 3. The van der Waals surface area contributed by atoms with Crippen LogP contribution in [-0.4, -0.2) is 62.2 Å². The number of carbonyl (C=O) groups is 1. The third-order valence-electron chi connectivity index (χ3n) is 6.33. The Morgan fingerprint density at radius 3 is 2.61 bits per heavy atom. The van der Waals surface area contributed by atoms with Crippen molar-refractivity contribution in [1.82, 2.24) is 9.29 Å². The summed E-state index contributed by atoms with van der Waals surface area (Å²) < 4.78 is 34.5. The predicted molar refractivity (Wildman–Crippen MR) is 148 cm³/mol. The summed E-state index contributed by atoms with van der Waals surface area (Å²) in [5, 5.41) is 0.625. The molecule has 1 saturated heterocycles. The number of rotatable bonds is 11. The molecule has 0 spiro atoms. The Balaban J connectivity index is 1.64. The Kier molecular flexibility index (Phi) is 9.05. The number of hydrogen-bond acceptors (Lipinski definition) is 7. The van der Waals surface area contributed by atoms with Crippen molar-refractivity contribution in [3.63, 3.8) is 0 Å². The maximum atomic E-state index is 13.7. The summed E-state index contributed by atoms with van der Waals surface area (Å²) >= 11 is 3.11. The Labute approximate surface area is 221 Å². The van der Waals surface area contributed by atoms with Gasteiger partial charge in [-0.15, -0.1) is 11.8 Å². The zero-order chi connectivity index (χ0) is 25.7. The van der Waals surface area contributed by atoms with Crippen molar-refractivity contribution in [2.75, 3.05) is 37.4 Å². The van der Waals surface area contributed by atoms with Crippen LogP contribution in [0.1, 0.15) is 49.9 Å². The lowest BCUT2D eigenvalue weighted by molar-refractivity contribution is 0.0917. The molecule has 2 aromatic carbocycles. The lowest BCUT2D eigenvalue weighted by Crippen LogP contribution is -2.37. The van der Waals surface area contributed by atoms with Crippen LogP contribution in [0, 0.1) is 0 Å². The molecule has 7 nitrogen and oxygen atoms in total. The normalized spacial score (nSPS) is 16.2. The molecule has 0 N–H and O–H groups in total. The number of thioether (sulfide) groups is 1. The molecule has 1 aromatic heterocycles. The van der Waals surface area contributed by atoms with Crippen LogP contribution in [0.2, 0.25) is 0 Å². The van der Waals surface area contributed by atoms with Crippen LogP contribution in [-0.2, 0) is 14.8 Å². The number of thiazole rings is 1. The highest BCUT2D eigenvalue weighted by Crippen LogP contribution is 2.35. The quantitative estimate of drug-likeness (QED) is 0.289. The van der Waals surface area contributed by atoms with Gasteiger partial charge < -0.3 is 4.74 Å². The summed E-state index contributed by atoms with van der Waals surface area (Å²) in [5.74, 6) is -0.211. The van der Waals surface area contributed by atoms with Crippen molar-refractivity contribution < 1.29 is 17.9 Å². The SMILES string of the molecule is CCCCN(CC)S(=O)(=O)c1ccc(C(=O)N(CC2CCCO2)c2nc3c(SC)cccc3s2)cc1. The molecule has 0 bridgehead atoms. The average Bonchev–Trinajstić information content (AvgIpc) is 3.57. The number of anilines is 1. The lowest BCUT2D eigenvalue weighted by Gasteiger charge is -2.23. The van der Waals surface area contributed by atoms with Gasteiger partial charge in [0.15, 0.2) is 5.13 Å². The number of hydrogen-bond donors (Lipinski definition) is 0. The largest absolute Gasteiger partial charge is 0.376 e. The van der Waals surface area contributed by atoms with E-state index in [-0.39, 0.29) is 16.9 Å². The lowest BCUT2D eigenvalue weighted by atomic mass is 10.2. The van der Waals surface area contributed by atoms with Crippen LogP contribution in [0.4, 0.5) is 5.13 Å². The van der Waals surface area contributed by atoms with Crippen LogP contribution < -0.4 is 4.90 Å². The minimum atomic E-state index is -3.61. The summed E-state index contributed by atoms with van der Waals surface area (Å²) in [4.78, 5) is 21.5. The third kappa shape index (κ3) is 5.78. The highest BCUT2D eigenvalue weighted by atomic mass is 32.2. The minimum absolute atomic E-state index is 0.0442. The van der Waals surface area contributed by atoms with E-state index in [2.05, 4.69) is 0 Å². The molecule has 0 radical (unpaired) electrons. The molecule has 194 valence electrons. The van der Waals surface area contributed by atoms with E-state index in [1.165, 1.54) is 27.8 Å². The van der Waals surface area contributed by atoms with E-state index in [9.17, 15) is 13.2 Å². The van der Waals surface area contributed by atoms with E-state index in [0.29, 0.717) is 36.9 Å². The second-order valence-corrected chi connectivity index (χ2v) is 12.5. The fourth-order valence-corrected chi connectivity index (χ4v) is 7.40. The summed E-state index contributed by atoms with van der Waals surface area (Å²) in [6, 6.07) is 12.3. The van der Waals surface area contributed by atoms with Gasteiger partial charge in [-0.05, 0) is 61.9 Å². The Morgan fingerprint density at radius 2 is 1.97 bits per heavy atom. The third-order valence-corrected chi connectivity index (χ3v) is 10.1. The minimum Gasteiger partial charge on any atom is -0.376 e. The van der Waals surface area contributed by atoms with Crippen molar-refractivity contribution >= 4 is 54.4 Å². The second kappa shape index (κ2) is 12.0. The van der Waals surface area contributed by atoms with Crippen LogP contribution in [0.15, 0.2) is 52.3 Å². The molecule has 4 rings (SSSR count). The first-order chi connectivity index (χ1) is 17.4. The molecule has 0 saturated carbocycles. The topological polar surface area (TPSA) is 79.8 Å². The van der Waals surface area contributed by atoms with Crippen LogP contribution in [0.3, 0.4) is 0 Å². The molecule has 1 atom stereocenters. The van der Waals surface area contributed by atoms with E-state index >= 15 is 0 Å². The second-order valence-electron chi connectivity index (χ2n) is 8.73. The van der Waals surface area contributed by atoms with Crippen molar-refractivity contribution in [3.05, 3.63) is 48.0 Å². The van der Waals surface area contributed by atoms with Crippen LogP contribution >= 0.6 is 23.1 Å². The molecule has 1 fully saturated rings. The molecule has 1 aliphatic heterocycles. The van der Waals surface area contributed by atoms with Gasteiger partial charge in [-0.25, -0.2) is 13.4 Å². The van der Waals surface area contributed by atoms with Crippen molar-refractivity contribution in [1.29, 1.82) is 0 Å². The van der Waals surface area contributed by atoms with Gasteiger partial charge in [-0.3, -0.25) is 9.69 Å². The van der Waals surface area contributed by atoms with E-state index in [0.717, 1.165) is 40.8 Å². The van der Waals surface area contributed by atoms with E-state index < -0.39 is 10.0 Å². The summed E-state index contributed by atoms with van der Waals surface area (Å²) in [6.45, 7) is 5.88. The maximum Gasteiger partial charge on any atom is 0.260 e. The van der Waals surface area contributed by atoms with Crippen molar-refractivity contribution in [2.24, 2.45) is 0 Å². The molecular formula is C26H33N3O4S3. The number of amides is 1. The number of sulfonamides is 1. The standard InChI is InChI=1S/C26H33N3O4S3/c1-4-6-16-28(5-2)36(31,32)21-14-12-19(13-15-21)25(30)29(18-20-9-8-17-33-20)26-27-24-22(34-3)10-7-11-23(24)35-26/h7,10-15,20H,4-6,8-9,16-18H2,1-3H3. The molecule has 36 heavy (non-hydrogen) atoms. The molecule has 1 amide bonds. The van der Waals surface area contributed by atoms with E-state index in [1.54, 1.807) is 28.8 Å². The number of unbranched alkanes of at least 4 members (excludes halogenated alkanes) is 1. The number of aromatic nitrogens is 1. The number of benzene rings is 2. The Hall–Kier alpha value is -1.98. The fraction of sp³-hybridized carbons (Fsp3) is 0.462. The first kappa shape index (κ1) is 27.1. The molecule has 0 aliphatic carbocycles. The molecule has 10 heteroatoms. The zero-order valence-electron chi connectivity index (χ0n) is 21.0. The first-order valence-electron chi connectivity index (χ1n) is 12.4. The van der Waals surface area contributed by atoms with Crippen LogP contribution in [0.5, 0.6) is 0 Å². The molecule has 1 aliphatic rings. The van der Waals surface area contributed by atoms with Gasteiger partial charge in [0, 0.05) is 30.2 Å². The average molecular weight is 548 g/mol. The van der Waals surface area contributed by atoms with E-state index in [4.69, 9.17) is 9.72 Å². The summed E-state index contributed by atoms with van der Waals surface area (Å²) in [7, 11) is -3.61. The first-order valence-corrected chi connectivity index (χ1v) is 15.8. The van der Waals surface area contributed by atoms with Gasteiger partial charge in [-0.2, -0.15) is 4.31 Å². The highest BCUT2D eigenvalue weighted by Gasteiger charge is 2.28. The Morgan fingerprint density at radius 1 is 1.19 bits per heavy atom. The number of carbonyl (C=O) groups excluding carboxylic acids is 1. The van der Waals surface area contributed by atoms with Gasteiger partial charge in [0.2, 0.25) is 10.0 Å². The molecule has 1 unspecified atom stereocenters. The van der Waals surface area contributed by atoms with Gasteiger partial charge >= 0.3 is 0 Å². The maximum absolute atomic E-state index is 13.7. The molecule has 3 aromatic rings. The summed E-state index contributed by atoms with van der Waals surface area (Å²) in [5.41, 5.74) is 1.32. The predicted octanol–water partition coefficient (Wildman–Crippen LogP) is 5.65. The van der Waals surface area contributed by atoms with Gasteiger partial charge in [-0.1, -0.05) is 37.7 Å². The van der Waals surface area contributed by atoms with Gasteiger partial charge in [0.25, 0.3) is 5.91 Å². The monoisotopic (exact) mass is 547 g/mol.